The summed E-state index contributed by atoms with van der Waals surface area (Å²) in [5.74, 6) is 1.42. The molecule has 0 saturated carbocycles. The van der Waals surface area contributed by atoms with Gasteiger partial charge in [-0.25, -0.2) is 0 Å². The molecule has 0 radical (unpaired) electrons. The molecule has 0 aromatic heterocycles. The van der Waals surface area contributed by atoms with Crippen molar-refractivity contribution in [1.29, 1.82) is 0 Å². The van der Waals surface area contributed by atoms with Crippen LogP contribution in [0.15, 0.2) is 0 Å². The average Bonchev–Trinajstić information content (AvgIpc) is 2.86. The number of hydrogen-bond donors (Lipinski definition) is 1. The Morgan fingerprint density at radius 1 is 1.35 bits per heavy atom. The van der Waals surface area contributed by atoms with Gasteiger partial charge in [0.2, 0.25) is 5.91 Å². The Kier molecular flexibility index (Phi) is 6.44. The Labute approximate surface area is 129 Å². The number of carbonyl (C=O) groups excluding carboxylic acids is 1. The van der Waals surface area contributed by atoms with Gasteiger partial charge in [-0.2, -0.15) is 0 Å². The summed E-state index contributed by atoms with van der Waals surface area (Å²) in [4.78, 5) is 15.4. The highest BCUT2D eigenvalue weighted by Gasteiger charge is 2.44. The molecule has 1 aliphatic heterocycles. The Bertz CT molecular complexity index is 348. The molecule has 1 unspecified atom stereocenters. The summed E-state index contributed by atoms with van der Waals surface area (Å²) in [6.45, 7) is 10.4. The van der Waals surface area contributed by atoms with Gasteiger partial charge in [-0.3, -0.25) is 4.79 Å². The largest absolute Gasteiger partial charge is 0.392 e. The predicted octanol–water partition coefficient (Wildman–Crippen LogP) is 3.36. The van der Waals surface area contributed by atoms with Crippen LogP contribution in [-0.4, -0.2) is 28.9 Å². The third-order valence-corrected chi connectivity index (χ3v) is 5.08. The molecule has 0 aliphatic carbocycles. The van der Waals surface area contributed by atoms with E-state index in [0.717, 1.165) is 45.2 Å². The zero-order valence-corrected chi connectivity index (χ0v) is 14.3. The molecule has 4 heteroatoms. The van der Waals surface area contributed by atoms with Gasteiger partial charge in [0.05, 0.1) is 10.4 Å². The lowest BCUT2D eigenvalue weighted by molar-refractivity contribution is -0.138. The van der Waals surface area contributed by atoms with E-state index in [0.29, 0.717) is 16.8 Å². The summed E-state index contributed by atoms with van der Waals surface area (Å²) in [6.07, 6.45) is 4.53. The first-order valence-corrected chi connectivity index (χ1v) is 8.39. The predicted molar refractivity (Wildman–Crippen MR) is 88.6 cm³/mol. The molecule has 1 rings (SSSR count). The molecule has 1 fully saturated rings. The minimum Gasteiger partial charge on any atom is -0.392 e. The molecule has 1 saturated heterocycles. The third kappa shape index (κ3) is 3.51. The number of amides is 1. The first kappa shape index (κ1) is 17.4. The zero-order valence-electron chi connectivity index (χ0n) is 13.4. The molecule has 1 heterocycles. The monoisotopic (exact) mass is 298 g/mol. The van der Waals surface area contributed by atoms with Gasteiger partial charge in [-0.05, 0) is 31.1 Å². The van der Waals surface area contributed by atoms with Gasteiger partial charge in [0.25, 0.3) is 0 Å². The van der Waals surface area contributed by atoms with Gasteiger partial charge >= 0.3 is 0 Å². The molecule has 2 N–H and O–H groups in total. The summed E-state index contributed by atoms with van der Waals surface area (Å²) in [5.41, 5.74) is 5.38. The summed E-state index contributed by atoms with van der Waals surface area (Å²) >= 11 is 5.28. The average molecular weight is 298 g/mol. The van der Waals surface area contributed by atoms with Crippen molar-refractivity contribution in [3.8, 4) is 0 Å². The van der Waals surface area contributed by atoms with Gasteiger partial charge in [0.1, 0.15) is 0 Å². The number of thiocarbonyl (C=S) groups is 1. The summed E-state index contributed by atoms with van der Waals surface area (Å²) in [6, 6.07) is 0. The second-order valence-corrected chi connectivity index (χ2v) is 6.93. The van der Waals surface area contributed by atoms with Crippen molar-refractivity contribution in [3.63, 3.8) is 0 Å². The maximum Gasteiger partial charge on any atom is 0.235 e. The van der Waals surface area contributed by atoms with E-state index in [4.69, 9.17) is 18.0 Å². The van der Waals surface area contributed by atoms with Crippen LogP contribution in [0.1, 0.15) is 59.8 Å². The second kappa shape index (κ2) is 7.39. The van der Waals surface area contributed by atoms with E-state index >= 15 is 0 Å². The van der Waals surface area contributed by atoms with Crippen LogP contribution >= 0.6 is 12.2 Å². The van der Waals surface area contributed by atoms with E-state index in [1.165, 1.54) is 0 Å². The fraction of sp³-hybridized carbons (Fsp3) is 0.875. The fourth-order valence-electron chi connectivity index (χ4n) is 3.36. The zero-order chi connectivity index (χ0) is 15.3. The van der Waals surface area contributed by atoms with E-state index in [9.17, 15) is 4.79 Å². The van der Waals surface area contributed by atoms with Crippen LogP contribution in [0.5, 0.6) is 0 Å². The van der Waals surface area contributed by atoms with Crippen LogP contribution in [0.3, 0.4) is 0 Å². The number of hydrogen-bond acceptors (Lipinski definition) is 2. The normalized spacial score (nSPS) is 19.6. The molecule has 20 heavy (non-hydrogen) atoms. The van der Waals surface area contributed by atoms with E-state index in [1.807, 2.05) is 4.90 Å². The van der Waals surface area contributed by atoms with Crippen molar-refractivity contribution >= 4 is 23.1 Å². The summed E-state index contributed by atoms with van der Waals surface area (Å²) < 4.78 is 0. The van der Waals surface area contributed by atoms with Crippen molar-refractivity contribution in [1.82, 2.24) is 4.90 Å². The summed E-state index contributed by atoms with van der Waals surface area (Å²) in [5, 5.41) is 0. The highest BCUT2D eigenvalue weighted by molar-refractivity contribution is 7.80. The SMILES string of the molecule is CCCC(CCC)(C(=O)N1CCC(C(C)C)C1)C(N)=S. The minimum atomic E-state index is -0.606. The van der Waals surface area contributed by atoms with Gasteiger partial charge in [-0.15, -0.1) is 0 Å². The van der Waals surface area contributed by atoms with E-state index < -0.39 is 5.41 Å². The van der Waals surface area contributed by atoms with Crippen LogP contribution in [0.4, 0.5) is 0 Å². The number of likely N-dealkylation sites (tertiary alicyclic amines) is 1. The van der Waals surface area contributed by atoms with Crippen LogP contribution in [-0.2, 0) is 4.79 Å². The lowest BCUT2D eigenvalue weighted by atomic mass is 9.77. The van der Waals surface area contributed by atoms with Crippen molar-refractivity contribution in [3.05, 3.63) is 0 Å². The Morgan fingerprint density at radius 2 is 1.90 bits per heavy atom. The number of nitrogens with zero attached hydrogens (tertiary/aromatic N) is 1. The maximum absolute atomic E-state index is 13.0. The van der Waals surface area contributed by atoms with Crippen LogP contribution in [0.25, 0.3) is 0 Å². The highest BCUT2D eigenvalue weighted by Crippen LogP contribution is 2.35. The number of nitrogens with two attached hydrogens (primary N) is 1. The van der Waals surface area contributed by atoms with Crippen LogP contribution in [0, 0.1) is 17.3 Å². The maximum atomic E-state index is 13.0. The smallest absolute Gasteiger partial charge is 0.235 e. The summed E-state index contributed by atoms with van der Waals surface area (Å²) in [7, 11) is 0. The molecule has 116 valence electrons. The number of rotatable bonds is 7. The van der Waals surface area contributed by atoms with Crippen molar-refractivity contribution in [2.45, 2.75) is 59.8 Å². The highest BCUT2D eigenvalue weighted by atomic mass is 32.1. The van der Waals surface area contributed by atoms with Crippen LogP contribution in [0.2, 0.25) is 0 Å². The molecular formula is C16H30N2OS. The van der Waals surface area contributed by atoms with Crippen molar-refractivity contribution in [2.75, 3.05) is 13.1 Å². The van der Waals surface area contributed by atoms with E-state index in [2.05, 4.69) is 27.7 Å². The first-order chi connectivity index (χ1) is 9.39. The standard InChI is InChI=1S/C16H30N2OS/c1-5-8-16(9-6-2,14(17)20)15(19)18-10-7-13(11-18)12(3)4/h12-13H,5-11H2,1-4H3,(H2,17,20). The molecule has 0 spiro atoms. The van der Waals surface area contributed by atoms with Gasteiger partial charge in [0, 0.05) is 13.1 Å². The fourth-order valence-corrected chi connectivity index (χ4v) is 3.65. The van der Waals surface area contributed by atoms with Crippen molar-refractivity contribution in [2.24, 2.45) is 23.0 Å². The topological polar surface area (TPSA) is 46.3 Å². The minimum absolute atomic E-state index is 0.178. The van der Waals surface area contributed by atoms with Gasteiger partial charge in [0.15, 0.2) is 0 Å². The van der Waals surface area contributed by atoms with E-state index in [1.54, 1.807) is 0 Å². The molecule has 3 nitrogen and oxygen atoms in total. The first-order valence-electron chi connectivity index (χ1n) is 7.98. The number of carbonyl (C=O) groups is 1. The van der Waals surface area contributed by atoms with Gasteiger partial charge in [-0.1, -0.05) is 52.8 Å². The van der Waals surface area contributed by atoms with Crippen molar-refractivity contribution < 1.29 is 4.79 Å². The molecular weight excluding hydrogens is 268 g/mol. The van der Waals surface area contributed by atoms with Gasteiger partial charge < -0.3 is 10.6 Å². The Morgan fingerprint density at radius 3 is 2.25 bits per heavy atom. The molecule has 0 bridgehead atoms. The molecule has 1 atom stereocenters. The molecule has 0 aromatic rings. The van der Waals surface area contributed by atoms with E-state index in [-0.39, 0.29) is 5.91 Å². The second-order valence-electron chi connectivity index (χ2n) is 6.49. The lowest BCUT2D eigenvalue weighted by Crippen LogP contribution is -2.50. The Hall–Kier alpha value is -0.640. The quantitative estimate of drug-likeness (QED) is 0.733. The lowest BCUT2D eigenvalue weighted by Gasteiger charge is -2.35. The third-order valence-electron chi connectivity index (χ3n) is 4.69. The van der Waals surface area contributed by atoms with Crippen LogP contribution < -0.4 is 5.73 Å². The molecule has 0 aromatic carbocycles. The Balaban J connectivity index is 2.91. The molecule has 1 amide bonds. The molecule has 1 aliphatic rings.